The van der Waals surface area contributed by atoms with Crippen molar-refractivity contribution in [2.75, 3.05) is 6.61 Å². The van der Waals surface area contributed by atoms with Gasteiger partial charge in [-0.1, -0.05) is 73.9 Å². The normalized spacial score (nSPS) is 14.6. The second-order valence-corrected chi connectivity index (χ2v) is 10.6. The summed E-state index contributed by atoms with van der Waals surface area (Å²) in [7, 11) is 0. The van der Waals surface area contributed by atoms with Gasteiger partial charge in [0.1, 0.15) is 5.75 Å². The van der Waals surface area contributed by atoms with Crippen LogP contribution in [0.5, 0.6) is 5.75 Å². The van der Waals surface area contributed by atoms with E-state index in [0.29, 0.717) is 18.8 Å². The lowest BCUT2D eigenvalue weighted by molar-refractivity contribution is -0.151. The molecule has 202 valence electrons. The first-order chi connectivity index (χ1) is 19.1. The molecule has 4 nitrogen and oxygen atoms in total. The Labute approximate surface area is 232 Å². The SMILES string of the molecule is CCOC(=O)[C@@H](Cc1ccccc1)Oc1ccc(-c2ccc(C)n2Cc2ccc(C3CCCCC3)cc2)cc1. The first-order valence-corrected chi connectivity index (χ1v) is 14.3. The van der Waals surface area contributed by atoms with Gasteiger partial charge in [-0.3, -0.25) is 0 Å². The Morgan fingerprint density at radius 3 is 2.26 bits per heavy atom. The summed E-state index contributed by atoms with van der Waals surface area (Å²) >= 11 is 0. The summed E-state index contributed by atoms with van der Waals surface area (Å²) in [6, 6.07) is 31.5. The molecule has 1 saturated carbocycles. The van der Waals surface area contributed by atoms with Crippen LogP contribution < -0.4 is 4.74 Å². The number of nitrogens with zero attached hydrogens (tertiary/aromatic N) is 1. The molecule has 0 amide bonds. The minimum absolute atomic E-state index is 0.325. The fourth-order valence-electron chi connectivity index (χ4n) is 5.65. The Morgan fingerprint density at radius 1 is 0.846 bits per heavy atom. The number of hydrogen-bond acceptors (Lipinski definition) is 3. The summed E-state index contributed by atoms with van der Waals surface area (Å²) in [5.74, 6) is 1.04. The Hall–Kier alpha value is -3.79. The molecule has 0 unspecified atom stereocenters. The highest BCUT2D eigenvalue weighted by Crippen LogP contribution is 2.33. The summed E-state index contributed by atoms with van der Waals surface area (Å²) in [5, 5.41) is 0. The zero-order valence-corrected chi connectivity index (χ0v) is 23.1. The van der Waals surface area contributed by atoms with Gasteiger partial charge in [0.05, 0.1) is 6.61 Å². The van der Waals surface area contributed by atoms with Crippen LogP contribution in [0.25, 0.3) is 11.3 Å². The molecule has 4 heteroatoms. The Balaban J connectivity index is 1.29. The maximum absolute atomic E-state index is 12.6. The van der Waals surface area contributed by atoms with E-state index in [9.17, 15) is 4.79 Å². The van der Waals surface area contributed by atoms with Crippen molar-refractivity contribution in [1.29, 1.82) is 0 Å². The van der Waals surface area contributed by atoms with Crippen molar-refractivity contribution in [3.63, 3.8) is 0 Å². The van der Waals surface area contributed by atoms with Gasteiger partial charge in [0.15, 0.2) is 6.10 Å². The number of benzene rings is 3. The molecular weight excluding hydrogens is 482 g/mol. The van der Waals surface area contributed by atoms with Crippen LogP contribution in [-0.4, -0.2) is 23.2 Å². The van der Waals surface area contributed by atoms with E-state index in [0.717, 1.165) is 23.6 Å². The van der Waals surface area contributed by atoms with Crippen molar-refractivity contribution in [2.24, 2.45) is 0 Å². The average molecular weight is 522 g/mol. The first-order valence-electron chi connectivity index (χ1n) is 14.3. The Bertz CT molecular complexity index is 1330. The number of ether oxygens (including phenoxy) is 2. The van der Waals surface area contributed by atoms with Crippen LogP contribution in [0.4, 0.5) is 0 Å². The highest BCUT2D eigenvalue weighted by atomic mass is 16.6. The number of carbonyl (C=O) groups is 1. The molecule has 1 aromatic heterocycles. The van der Waals surface area contributed by atoms with Crippen molar-refractivity contribution in [3.8, 4) is 17.0 Å². The molecule has 1 aliphatic carbocycles. The van der Waals surface area contributed by atoms with Gasteiger partial charge in [-0.2, -0.15) is 0 Å². The second kappa shape index (κ2) is 12.8. The van der Waals surface area contributed by atoms with Crippen molar-refractivity contribution in [3.05, 3.63) is 113 Å². The third kappa shape index (κ3) is 6.81. The molecule has 5 rings (SSSR count). The molecule has 0 aliphatic heterocycles. The smallest absolute Gasteiger partial charge is 0.347 e. The van der Waals surface area contributed by atoms with Crippen molar-refractivity contribution in [1.82, 2.24) is 4.57 Å². The van der Waals surface area contributed by atoms with Crippen molar-refractivity contribution >= 4 is 5.97 Å². The molecule has 0 bridgehead atoms. The molecule has 0 N–H and O–H groups in total. The summed E-state index contributed by atoms with van der Waals surface area (Å²) in [6.07, 6.45) is 6.53. The number of aromatic nitrogens is 1. The number of esters is 1. The van der Waals surface area contributed by atoms with Crippen molar-refractivity contribution < 1.29 is 14.3 Å². The van der Waals surface area contributed by atoms with Gasteiger partial charge < -0.3 is 14.0 Å². The molecule has 4 aromatic rings. The van der Waals surface area contributed by atoms with E-state index in [-0.39, 0.29) is 5.97 Å². The highest BCUT2D eigenvalue weighted by molar-refractivity contribution is 5.75. The lowest BCUT2D eigenvalue weighted by Crippen LogP contribution is -2.31. The zero-order valence-electron chi connectivity index (χ0n) is 23.1. The molecule has 1 aliphatic rings. The highest BCUT2D eigenvalue weighted by Gasteiger charge is 2.23. The third-order valence-corrected chi connectivity index (χ3v) is 7.84. The van der Waals surface area contributed by atoms with E-state index in [1.54, 1.807) is 0 Å². The maximum Gasteiger partial charge on any atom is 0.347 e. The minimum atomic E-state index is -0.694. The van der Waals surface area contributed by atoms with Crippen LogP contribution in [-0.2, 0) is 22.5 Å². The third-order valence-electron chi connectivity index (χ3n) is 7.84. The summed E-state index contributed by atoms with van der Waals surface area (Å²) in [4.78, 5) is 12.6. The van der Waals surface area contributed by atoms with Crippen LogP contribution in [0, 0.1) is 6.92 Å². The number of carbonyl (C=O) groups excluding carboxylic acids is 1. The summed E-state index contributed by atoms with van der Waals surface area (Å²) < 4.78 is 13.8. The predicted octanol–water partition coefficient (Wildman–Crippen LogP) is 8.11. The van der Waals surface area contributed by atoms with Gasteiger partial charge in [0, 0.05) is 24.4 Å². The van der Waals surface area contributed by atoms with Crippen LogP contribution in [0.15, 0.2) is 91.0 Å². The van der Waals surface area contributed by atoms with E-state index in [4.69, 9.17) is 9.47 Å². The first kappa shape index (κ1) is 26.8. The van der Waals surface area contributed by atoms with E-state index in [2.05, 4.69) is 60.0 Å². The number of hydrogen-bond donors (Lipinski definition) is 0. The van der Waals surface area contributed by atoms with E-state index >= 15 is 0 Å². The molecule has 0 radical (unpaired) electrons. The molecule has 39 heavy (non-hydrogen) atoms. The standard InChI is InChI=1S/C35H39NO3/c1-3-38-35(37)34(24-27-10-6-4-7-11-27)39-32-21-19-31(20-22-32)33-23-14-26(2)36(33)25-28-15-17-30(18-16-28)29-12-8-5-9-13-29/h4,6-7,10-11,14-23,29,34H,3,5,8-9,12-13,24-25H2,1-2H3/t34-/m1/s1. The average Bonchev–Trinajstić information content (AvgIpc) is 3.34. The summed E-state index contributed by atoms with van der Waals surface area (Å²) in [6.45, 7) is 5.13. The van der Waals surface area contributed by atoms with E-state index in [1.807, 2.05) is 49.4 Å². The lowest BCUT2D eigenvalue weighted by Gasteiger charge is -2.22. The van der Waals surface area contributed by atoms with Crippen LogP contribution in [0.3, 0.4) is 0 Å². The molecule has 3 aromatic carbocycles. The number of rotatable bonds is 10. The van der Waals surface area contributed by atoms with E-state index in [1.165, 1.54) is 54.6 Å². The van der Waals surface area contributed by atoms with Crippen LogP contribution >= 0.6 is 0 Å². The quantitative estimate of drug-likeness (QED) is 0.198. The fraction of sp³-hybridized carbons (Fsp3) is 0.343. The topological polar surface area (TPSA) is 40.5 Å². The van der Waals surface area contributed by atoms with Crippen molar-refractivity contribution in [2.45, 2.75) is 70.9 Å². The number of aryl methyl sites for hydroxylation is 1. The van der Waals surface area contributed by atoms with Gasteiger partial charge >= 0.3 is 5.97 Å². The fourth-order valence-corrected chi connectivity index (χ4v) is 5.65. The van der Waals surface area contributed by atoms with Gasteiger partial charge in [-0.15, -0.1) is 0 Å². The lowest BCUT2D eigenvalue weighted by atomic mass is 9.84. The zero-order chi connectivity index (χ0) is 27.0. The molecular formula is C35H39NO3. The molecule has 1 heterocycles. The molecule has 0 saturated heterocycles. The summed E-state index contributed by atoms with van der Waals surface area (Å²) in [5.41, 5.74) is 7.35. The van der Waals surface area contributed by atoms with E-state index < -0.39 is 6.10 Å². The molecule has 1 atom stereocenters. The van der Waals surface area contributed by atoms with Crippen LogP contribution in [0.1, 0.15) is 67.3 Å². The molecule has 0 spiro atoms. The molecule has 1 fully saturated rings. The van der Waals surface area contributed by atoms with Gasteiger partial charge in [0.2, 0.25) is 0 Å². The largest absolute Gasteiger partial charge is 0.478 e. The van der Waals surface area contributed by atoms with Gasteiger partial charge in [-0.25, -0.2) is 4.79 Å². The Kier molecular flexibility index (Phi) is 8.82. The Morgan fingerprint density at radius 2 is 1.56 bits per heavy atom. The van der Waals surface area contributed by atoms with Gasteiger partial charge in [0.25, 0.3) is 0 Å². The second-order valence-electron chi connectivity index (χ2n) is 10.6. The van der Waals surface area contributed by atoms with Gasteiger partial charge in [-0.05, 0) is 91.3 Å². The monoisotopic (exact) mass is 521 g/mol. The van der Waals surface area contributed by atoms with Crippen LogP contribution in [0.2, 0.25) is 0 Å². The predicted molar refractivity (Wildman–Crippen MR) is 157 cm³/mol. The maximum atomic E-state index is 12.6. The minimum Gasteiger partial charge on any atom is -0.478 e.